The molecule has 33 heavy (non-hydrogen) atoms. The number of aliphatic hydroxyl groups excluding tert-OH is 1. The van der Waals surface area contributed by atoms with Crippen LogP contribution in [0, 0.1) is 5.82 Å². The molecule has 0 spiro atoms. The van der Waals surface area contributed by atoms with Crippen LogP contribution in [0.15, 0.2) is 59.5 Å². The quantitative estimate of drug-likeness (QED) is 0.491. The molecule has 1 fully saturated rings. The number of β-amino-alcohol motifs (C(OH)–C–C–N with tert-alkyl or cyclic N) is 1. The maximum Gasteiger partial charge on any atom is 0.261 e. The Morgan fingerprint density at radius 2 is 2.00 bits per heavy atom. The molecule has 0 aliphatic carbocycles. The number of thiophene rings is 1. The fraction of sp³-hybridized carbons (Fsp3) is 0.227. The van der Waals surface area contributed by atoms with E-state index in [1.54, 1.807) is 29.2 Å². The second kappa shape index (κ2) is 9.84. The van der Waals surface area contributed by atoms with E-state index < -0.39 is 23.9 Å². The Hall–Kier alpha value is -3.05. The molecule has 11 heteroatoms. The minimum Gasteiger partial charge on any atom is -0.390 e. The van der Waals surface area contributed by atoms with Crippen LogP contribution >= 0.6 is 22.9 Å². The van der Waals surface area contributed by atoms with Gasteiger partial charge in [0.25, 0.3) is 11.5 Å². The molecule has 0 radical (unpaired) electrons. The van der Waals surface area contributed by atoms with Gasteiger partial charge in [-0.15, -0.1) is 11.3 Å². The van der Waals surface area contributed by atoms with Crippen LogP contribution in [-0.4, -0.2) is 58.2 Å². The van der Waals surface area contributed by atoms with Gasteiger partial charge in [0.15, 0.2) is 0 Å². The molecule has 1 aliphatic heterocycles. The number of aromatic nitrogens is 1. The lowest BCUT2D eigenvalue weighted by Crippen LogP contribution is -2.42. The maximum absolute atomic E-state index is 14.5. The third kappa shape index (κ3) is 5.48. The topological polar surface area (TPSA) is 104 Å². The van der Waals surface area contributed by atoms with Crippen LogP contribution in [-0.2, 0) is 4.79 Å². The molecule has 3 aromatic rings. The summed E-state index contributed by atoms with van der Waals surface area (Å²) in [6.45, 7) is 0.354. The Balaban J connectivity index is 1.34. The van der Waals surface area contributed by atoms with Gasteiger partial charge in [-0.25, -0.2) is 4.39 Å². The molecule has 3 N–H and O–H groups in total. The Bertz CT molecular complexity index is 1250. The van der Waals surface area contributed by atoms with Crippen molar-refractivity contribution in [2.75, 3.05) is 25.0 Å². The lowest BCUT2D eigenvalue weighted by atomic mass is 10.2. The minimum atomic E-state index is -0.850. The van der Waals surface area contributed by atoms with Gasteiger partial charge >= 0.3 is 0 Å². The summed E-state index contributed by atoms with van der Waals surface area (Å²) in [6.07, 6.45) is 0.674. The summed E-state index contributed by atoms with van der Waals surface area (Å²) in [7, 11) is 0. The second-order valence-corrected chi connectivity index (χ2v) is 9.28. The van der Waals surface area contributed by atoms with Crippen LogP contribution in [0.5, 0.6) is 0 Å². The number of carbonyl (C=O) groups is 2. The summed E-state index contributed by atoms with van der Waals surface area (Å²) in [5, 5.41) is 15.5. The summed E-state index contributed by atoms with van der Waals surface area (Å²) in [5.74, 6) is -1.50. The van der Waals surface area contributed by atoms with E-state index in [-0.39, 0.29) is 36.8 Å². The van der Waals surface area contributed by atoms with Crippen LogP contribution in [0.4, 0.5) is 10.1 Å². The third-order valence-corrected chi connectivity index (χ3v) is 6.40. The standard InChI is InChI=1S/C22H20ClFN4O4S/c23-19-7-6-18(33-19)22(32)26-16-10-27(11-17(16)29)12-20(30)25-15-5-4-13(9-14(15)24)28-8-2-1-3-21(28)31/h1-9,16-17,29H,10-12H2,(H,25,30)(H,26,32)/t16-,17-/m0/s1. The number of hydrogen-bond donors (Lipinski definition) is 3. The van der Waals surface area contributed by atoms with Crippen molar-refractivity contribution >= 4 is 40.4 Å². The number of likely N-dealkylation sites (tertiary alicyclic amines) is 1. The van der Waals surface area contributed by atoms with Crippen LogP contribution in [0.1, 0.15) is 9.67 Å². The third-order valence-electron chi connectivity index (χ3n) is 5.17. The molecule has 0 unspecified atom stereocenters. The highest BCUT2D eigenvalue weighted by Gasteiger charge is 2.33. The van der Waals surface area contributed by atoms with E-state index in [9.17, 15) is 23.9 Å². The number of nitrogens with zero attached hydrogens (tertiary/aromatic N) is 2. The molecule has 1 aliphatic rings. The smallest absolute Gasteiger partial charge is 0.261 e. The van der Waals surface area contributed by atoms with E-state index in [1.807, 2.05) is 0 Å². The molecule has 8 nitrogen and oxygen atoms in total. The van der Waals surface area contributed by atoms with Gasteiger partial charge in [-0.2, -0.15) is 0 Å². The SMILES string of the molecule is O=C(CN1C[C@H](NC(=O)c2ccc(Cl)s2)[C@@H](O)C1)Nc1ccc(-n2ccccc2=O)cc1F. The van der Waals surface area contributed by atoms with Crippen molar-refractivity contribution in [2.24, 2.45) is 0 Å². The molecule has 1 aromatic carbocycles. The van der Waals surface area contributed by atoms with Crippen molar-refractivity contribution in [1.82, 2.24) is 14.8 Å². The molecule has 4 rings (SSSR count). The van der Waals surface area contributed by atoms with E-state index in [2.05, 4.69) is 10.6 Å². The molecule has 3 heterocycles. The fourth-order valence-corrected chi connectivity index (χ4v) is 4.55. The van der Waals surface area contributed by atoms with Gasteiger partial charge in [-0.05, 0) is 30.3 Å². The molecular formula is C22H20ClFN4O4S. The average molecular weight is 491 g/mol. The van der Waals surface area contributed by atoms with Gasteiger partial charge in [0.05, 0.1) is 39.3 Å². The molecule has 0 saturated carbocycles. The van der Waals surface area contributed by atoms with Crippen LogP contribution < -0.4 is 16.2 Å². The summed E-state index contributed by atoms with van der Waals surface area (Å²) in [5.41, 5.74) is 0.0152. The Morgan fingerprint density at radius 3 is 2.70 bits per heavy atom. The fourth-order valence-electron chi connectivity index (χ4n) is 3.60. The van der Waals surface area contributed by atoms with Crippen molar-refractivity contribution in [1.29, 1.82) is 0 Å². The highest BCUT2D eigenvalue weighted by atomic mass is 35.5. The summed E-state index contributed by atoms with van der Waals surface area (Å²) >= 11 is 6.98. The normalized spacial score (nSPS) is 18.3. The van der Waals surface area contributed by atoms with Crippen molar-refractivity contribution < 1.29 is 19.1 Å². The van der Waals surface area contributed by atoms with E-state index in [1.165, 1.54) is 35.0 Å². The minimum absolute atomic E-state index is 0.0214. The summed E-state index contributed by atoms with van der Waals surface area (Å²) in [4.78, 5) is 38.7. The predicted octanol–water partition coefficient (Wildman–Crippen LogP) is 2.11. The van der Waals surface area contributed by atoms with E-state index in [4.69, 9.17) is 11.6 Å². The molecule has 2 atom stereocenters. The van der Waals surface area contributed by atoms with Crippen molar-refractivity contribution in [2.45, 2.75) is 12.1 Å². The van der Waals surface area contributed by atoms with Crippen LogP contribution in [0.25, 0.3) is 5.69 Å². The lowest BCUT2D eigenvalue weighted by molar-refractivity contribution is -0.117. The Morgan fingerprint density at radius 1 is 1.18 bits per heavy atom. The van der Waals surface area contributed by atoms with Gasteiger partial charge in [-0.1, -0.05) is 17.7 Å². The Labute approximate surface area is 197 Å². The van der Waals surface area contributed by atoms with Gasteiger partial charge in [-0.3, -0.25) is 23.9 Å². The molecular weight excluding hydrogens is 471 g/mol. The zero-order chi connectivity index (χ0) is 23.5. The largest absolute Gasteiger partial charge is 0.390 e. The first-order chi connectivity index (χ1) is 15.8. The zero-order valence-electron chi connectivity index (χ0n) is 17.2. The number of carbonyl (C=O) groups excluding carboxylic acids is 2. The first-order valence-electron chi connectivity index (χ1n) is 10.0. The Kier molecular flexibility index (Phi) is 6.89. The number of rotatable bonds is 6. The number of nitrogens with one attached hydrogen (secondary N) is 2. The first-order valence-corrected chi connectivity index (χ1v) is 11.2. The number of halogens is 2. The van der Waals surface area contributed by atoms with Crippen LogP contribution in [0.2, 0.25) is 4.34 Å². The highest BCUT2D eigenvalue weighted by molar-refractivity contribution is 7.18. The lowest BCUT2D eigenvalue weighted by Gasteiger charge is -2.16. The number of benzene rings is 1. The molecule has 0 bridgehead atoms. The number of amides is 2. The number of pyridine rings is 1. The molecule has 2 amide bonds. The van der Waals surface area contributed by atoms with Gasteiger partial charge in [0, 0.05) is 31.4 Å². The number of hydrogen-bond acceptors (Lipinski definition) is 6. The van der Waals surface area contributed by atoms with Crippen molar-refractivity contribution in [3.05, 3.63) is 80.1 Å². The van der Waals surface area contributed by atoms with Crippen molar-refractivity contribution in [3.63, 3.8) is 0 Å². The van der Waals surface area contributed by atoms with Crippen molar-refractivity contribution in [3.8, 4) is 5.69 Å². The molecule has 1 saturated heterocycles. The van der Waals surface area contributed by atoms with E-state index in [0.29, 0.717) is 14.9 Å². The number of aliphatic hydroxyl groups is 1. The van der Waals surface area contributed by atoms with Crippen LogP contribution in [0.3, 0.4) is 0 Å². The predicted molar refractivity (Wildman–Crippen MR) is 124 cm³/mol. The first kappa shape index (κ1) is 23.1. The van der Waals surface area contributed by atoms with Gasteiger partial charge in [0.2, 0.25) is 5.91 Å². The average Bonchev–Trinajstić information content (AvgIpc) is 3.35. The van der Waals surface area contributed by atoms with Gasteiger partial charge < -0.3 is 15.7 Å². The van der Waals surface area contributed by atoms with E-state index in [0.717, 1.165) is 11.3 Å². The highest BCUT2D eigenvalue weighted by Crippen LogP contribution is 2.22. The zero-order valence-corrected chi connectivity index (χ0v) is 18.8. The number of anilines is 1. The summed E-state index contributed by atoms with van der Waals surface area (Å²) < 4.78 is 16.3. The molecule has 2 aromatic heterocycles. The molecule has 172 valence electrons. The second-order valence-electron chi connectivity index (χ2n) is 7.57. The summed E-state index contributed by atoms with van der Waals surface area (Å²) in [6, 6.07) is 11.4. The van der Waals surface area contributed by atoms with Gasteiger partial charge in [0.1, 0.15) is 5.82 Å². The van der Waals surface area contributed by atoms with E-state index >= 15 is 0 Å². The maximum atomic E-state index is 14.5. The monoisotopic (exact) mass is 490 g/mol.